The number of piperazine rings is 1. The summed E-state index contributed by atoms with van der Waals surface area (Å²) < 4.78 is 6.04. The number of alkyl carbamates (subject to hydrolysis) is 1. The molecule has 9 heteroatoms. The Morgan fingerprint density at radius 1 is 1.16 bits per heavy atom. The maximum absolute atomic E-state index is 13.0. The van der Waals surface area contributed by atoms with E-state index in [2.05, 4.69) is 47.7 Å². The molecule has 2 aliphatic rings. The number of amides is 1. The van der Waals surface area contributed by atoms with Crippen molar-refractivity contribution in [1.82, 2.24) is 20.9 Å². The van der Waals surface area contributed by atoms with Crippen LogP contribution in [0.1, 0.15) is 44.2 Å². The summed E-state index contributed by atoms with van der Waals surface area (Å²) in [7, 11) is 0. The van der Waals surface area contributed by atoms with Crippen molar-refractivity contribution in [3.63, 3.8) is 0 Å². The van der Waals surface area contributed by atoms with Gasteiger partial charge in [-0.25, -0.2) is 4.79 Å². The molecular formula is C29H37Cl2N5O2. The first kappa shape index (κ1) is 28.7. The molecule has 2 heterocycles. The summed E-state index contributed by atoms with van der Waals surface area (Å²) in [6.07, 6.45) is -0.565. The van der Waals surface area contributed by atoms with Gasteiger partial charge >= 0.3 is 6.09 Å². The van der Waals surface area contributed by atoms with E-state index < -0.39 is 23.7 Å². The van der Waals surface area contributed by atoms with Crippen molar-refractivity contribution in [2.45, 2.75) is 50.8 Å². The van der Waals surface area contributed by atoms with Gasteiger partial charge in [-0.1, -0.05) is 68.2 Å². The Morgan fingerprint density at radius 2 is 1.87 bits per heavy atom. The van der Waals surface area contributed by atoms with Gasteiger partial charge in [-0.3, -0.25) is 10.2 Å². The molecule has 7 nitrogen and oxygen atoms in total. The van der Waals surface area contributed by atoms with Crippen molar-refractivity contribution in [2.24, 2.45) is 5.41 Å². The number of nitriles is 1. The lowest BCUT2D eigenvalue weighted by Crippen LogP contribution is -2.47. The molecule has 2 fully saturated rings. The zero-order valence-corrected chi connectivity index (χ0v) is 23.8. The molecule has 0 aliphatic carbocycles. The Hall–Kier alpha value is -2.34. The average Bonchev–Trinajstić information content (AvgIpc) is 3.16. The van der Waals surface area contributed by atoms with Gasteiger partial charge in [0.2, 0.25) is 0 Å². The maximum Gasteiger partial charge on any atom is 0.408 e. The Labute approximate surface area is 235 Å². The van der Waals surface area contributed by atoms with Gasteiger partial charge < -0.3 is 15.4 Å². The fraction of sp³-hybridized carbons (Fsp3) is 0.517. The summed E-state index contributed by atoms with van der Waals surface area (Å²) in [5, 5.41) is 21.9. The molecule has 2 aliphatic heterocycles. The van der Waals surface area contributed by atoms with Crippen LogP contribution in [0.2, 0.25) is 10.0 Å². The lowest BCUT2D eigenvalue weighted by molar-refractivity contribution is 0.0738. The van der Waals surface area contributed by atoms with Gasteiger partial charge in [0.05, 0.1) is 12.0 Å². The number of carbonyl (C=O) groups excluding carboxylic acids is 1. The largest absolute Gasteiger partial charge is 0.430 e. The predicted octanol–water partition coefficient (Wildman–Crippen LogP) is 4.90. The molecule has 4 rings (SSSR count). The van der Waals surface area contributed by atoms with Crippen LogP contribution in [0, 0.1) is 16.7 Å². The highest BCUT2D eigenvalue weighted by Crippen LogP contribution is 2.51. The third kappa shape index (κ3) is 6.62. The number of benzene rings is 2. The predicted molar refractivity (Wildman–Crippen MR) is 152 cm³/mol. The van der Waals surface area contributed by atoms with E-state index in [1.165, 1.54) is 0 Å². The van der Waals surface area contributed by atoms with Crippen LogP contribution in [0.15, 0.2) is 48.5 Å². The number of hydrogen-bond donors (Lipinski definition) is 3. The van der Waals surface area contributed by atoms with Crippen LogP contribution < -0.4 is 16.0 Å². The zero-order chi connectivity index (χ0) is 27.3. The quantitative estimate of drug-likeness (QED) is 0.448. The van der Waals surface area contributed by atoms with Crippen LogP contribution in [-0.2, 0) is 10.2 Å². The highest BCUT2D eigenvalue weighted by Gasteiger charge is 2.59. The highest BCUT2D eigenvalue weighted by molar-refractivity contribution is 6.30. The van der Waals surface area contributed by atoms with Crippen LogP contribution in [0.5, 0.6) is 0 Å². The van der Waals surface area contributed by atoms with Crippen molar-refractivity contribution < 1.29 is 9.53 Å². The number of nitrogens with zero attached hydrogens (tertiary/aromatic N) is 2. The molecule has 1 amide bonds. The molecule has 0 unspecified atom stereocenters. The first-order chi connectivity index (χ1) is 18.1. The molecule has 204 valence electrons. The van der Waals surface area contributed by atoms with E-state index in [9.17, 15) is 10.1 Å². The molecule has 2 aromatic carbocycles. The molecule has 3 N–H and O–H groups in total. The summed E-state index contributed by atoms with van der Waals surface area (Å²) in [4.78, 5) is 15.3. The van der Waals surface area contributed by atoms with Crippen LogP contribution in [0.4, 0.5) is 4.79 Å². The first-order valence-electron chi connectivity index (χ1n) is 13.2. The summed E-state index contributed by atoms with van der Waals surface area (Å²) in [5.41, 5.74) is 0.526. The van der Waals surface area contributed by atoms with E-state index in [0.29, 0.717) is 23.0 Å². The van der Waals surface area contributed by atoms with E-state index >= 15 is 0 Å². The van der Waals surface area contributed by atoms with Gasteiger partial charge in [0.25, 0.3) is 0 Å². The van der Waals surface area contributed by atoms with Crippen molar-refractivity contribution in [3.05, 3.63) is 69.7 Å². The van der Waals surface area contributed by atoms with Gasteiger partial charge in [0, 0.05) is 55.4 Å². The minimum absolute atomic E-state index is 0.0917. The van der Waals surface area contributed by atoms with Crippen molar-refractivity contribution in [1.29, 1.82) is 5.26 Å². The van der Waals surface area contributed by atoms with Crippen LogP contribution >= 0.6 is 23.2 Å². The Bertz CT molecular complexity index is 1140. The first-order valence-corrected chi connectivity index (χ1v) is 13.9. The number of halogens is 2. The third-order valence-corrected chi connectivity index (χ3v) is 7.87. The standard InChI is InChI=1S/C29H37Cl2N5O2/c1-28(2,3)18-24-29(19-32,21-7-9-22(30)10-8-21)25(20-5-4-6-23(31)17-20)26(35-24)38-27(37)34-13-16-36-14-11-33-12-15-36/h4-10,17,24-26,33,35H,11-16,18H2,1-3H3,(H,34,37)/t24-,25-,26+,29-/m0/s1. The Morgan fingerprint density at radius 3 is 2.50 bits per heavy atom. The SMILES string of the molecule is CC(C)(C)C[C@@H]1N[C@H](OC(=O)NCCN2CCNCC2)[C@H](c2cccc(Cl)c2)[C@@]1(C#N)c1ccc(Cl)cc1. The van der Waals surface area contributed by atoms with Crippen LogP contribution in [-0.4, -0.2) is 62.5 Å². The van der Waals surface area contributed by atoms with Gasteiger partial charge in [0.15, 0.2) is 6.23 Å². The number of rotatable bonds is 7. The van der Waals surface area contributed by atoms with Crippen molar-refractivity contribution in [3.8, 4) is 6.07 Å². The minimum atomic E-state index is -1.03. The second kappa shape index (κ2) is 12.2. The molecule has 0 saturated carbocycles. The van der Waals surface area contributed by atoms with Gasteiger partial charge in [-0.2, -0.15) is 5.26 Å². The summed E-state index contributed by atoms with van der Waals surface area (Å²) in [5.74, 6) is -0.501. The monoisotopic (exact) mass is 557 g/mol. The van der Waals surface area contributed by atoms with E-state index in [4.69, 9.17) is 27.9 Å². The summed E-state index contributed by atoms with van der Waals surface area (Å²) in [6.45, 7) is 11.5. The molecule has 2 saturated heterocycles. The number of ether oxygens (including phenoxy) is 1. The molecule has 0 aromatic heterocycles. The molecule has 38 heavy (non-hydrogen) atoms. The molecule has 0 radical (unpaired) electrons. The van der Waals surface area contributed by atoms with E-state index in [0.717, 1.165) is 43.9 Å². The third-order valence-electron chi connectivity index (χ3n) is 7.38. The lowest BCUT2D eigenvalue weighted by Gasteiger charge is -2.37. The summed E-state index contributed by atoms with van der Waals surface area (Å²) >= 11 is 12.6. The minimum Gasteiger partial charge on any atom is -0.430 e. The second-order valence-corrected chi connectivity index (χ2v) is 12.2. The molecule has 4 atom stereocenters. The topological polar surface area (TPSA) is 89.4 Å². The number of hydrogen-bond acceptors (Lipinski definition) is 6. The number of carbonyl (C=O) groups is 1. The average molecular weight is 559 g/mol. The lowest BCUT2D eigenvalue weighted by atomic mass is 9.64. The molecule has 0 spiro atoms. The Kier molecular flexibility index (Phi) is 9.23. The van der Waals surface area contributed by atoms with Gasteiger partial charge in [-0.15, -0.1) is 0 Å². The highest BCUT2D eigenvalue weighted by atomic mass is 35.5. The normalized spacial score (nSPS) is 26.1. The van der Waals surface area contributed by atoms with Crippen molar-refractivity contribution >= 4 is 29.3 Å². The van der Waals surface area contributed by atoms with Crippen molar-refractivity contribution in [2.75, 3.05) is 39.3 Å². The van der Waals surface area contributed by atoms with Crippen LogP contribution in [0.25, 0.3) is 0 Å². The maximum atomic E-state index is 13.0. The molecular weight excluding hydrogens is 521 g/mol. The fourth-order valence-electron chi connectivity index (χ4n) is 5.68. The fourth-order valence-corrected chi connectivity index (χ4v) is 6.00. The van der Waals surface area contributed by atoms with Crippen LogP contribution in [0.3, 0.4) is 0 Å². The summed E-state index contributed by atoms with van der Waals surface area (Å²) in [6, 6.07) is 17.2. The van der Waals surface area contributed by atoms with Gasteiger partial charge in [0.1, 0.15) is 5.41 Å². The Balaban J connectivity index is 1.66. The van der Waals surface area contributed by atoms with E-state index in [-0.39, 0.29) is 11.5 Å². The second-order valence-electron chi connectivity index (χ2n) is 11.3. The number of nitrogens with one attached hydrogen (secondary N) is 3. The molecule has 2 aromatic rings. The van der Waals surface area contributed by atoms with E-state index in [1.807, 2.05) is 30.3 Å². The van der Waals surface area contributed by atoms with Gasteiger partial charge in [-0.05, 0) is 47.2 Å². The zero-order valence-electron chi connectivity index (χ0n) is 22.3. The smallest absolute Gasteiger partial charge is 0.408 e. The molecule has 0 bridgehead atoms. The van der Waals surface area contributed by atoms with E-state index in [1.54, 1.807) is 18.2 Å².